The molecule has 0 aliphatic rings. The second kappa shape index (κ2) is 8.56. The average Bonchev–Trinajstić information content (AvgIpc) is 2.64. The monoisotopic (exact) mass is 527 g/mol. The standard InChI is InChI=1S/C19H12Br2ClNO3S/c20-17-10-13(12-23-15-4-2-1-3-5-15)11-18(21)19(17)26-27(24,25)16-8-6-14(22)7-9-16/h1-12H. The van der Waals surface area contributed by atoms with Gasteiger partial charge in [0.2, 0.25) is 0 Å². The molecule has 0 saturated carbocycles. The van der Waals surface area contributed by atoms with Gasteiger partial charge in [0.1, 0.15) is 4.90 Å². The molecule has 0 radical (unpaired) electrons. The second-order valence-electron chi connectivity index (χ2n) is 5.40. The van der Waals surface area contributed by atoms with E-state index in [0.29, 0.717) is 14.0 Å². The highest BCUT2D eigenvalue weighted by Gasteiger charge is 2.20. The van der Waals surface area contributed by atoms with Gasteiger partial charge in [-0.2, -0.15) is 8.42 Å². The highest BCUT2D eigenvalue weighted by atomic mass is 79.9. The van der Waals surface area contributed by atoms with Gasteiger partial charge in [-0.3, -0.25) is 4.99 Å². The van der Waals surface area contributed by atoms with Crippen LogP contribution in [0.4, 0.5) is 5.69 Å². The lowest BCUT2D eigenvalue weighted by atomic mass is 10.2. The third-order valence-corrected chi connectivity index (χ3v) is 6.10. The molecule has 4 nitrogen and oxygen atoms in total. The molecule has 0 fully saturated rings. The van der Waals surface area contributed by atoms with Crippen molar-refractivity contribution < 1.29 is 12.6 Å². The Kier molecular flexibility index (Phi) is 6.37. The molecule has 0 unspecified atom stereocenters. The number of hydrogen-bond acceptors (Lipinski definition) is 4. The molecule has 0 saturated heterocycles. The maximum absolute atomic E-state index is 12.5. The van der Waals surface area contributed by atoms with Crippen molar-refractivity contribution in [3.8, 4) is 5.75 Å². The highest BCUT2D eigenvalue weighted by molar-refractivity contribution is 9.11. The zero-order chi connectivity index (χ0) is 19.4. The molecule has 0 heterocycles. The SMILES string of the molecule is O=S(=O)(Oc1c(Br)cc(C=Nc2ccccc2)cc1Br)c1ccc(Cl)cc1. The minimum absolute atomic E-state index is 0.0143. The average molecular weight is 530 g/mol. The van der Waals surface area contributed by atoms with Gasteiger partial charge in [-0.05, 0) is 86.0 Å². The molecule has 3 aromatic rings. The molecule has 0 N–H and O–H groups in total. The van der Waals surface area contributed by atoms with E-state index in [2.05, 4.69) is 36.9 Å². The summed E-state index contributed by atoms with van der Waals surface area (Å²) in [7, 11) is -4.00. The van der Waals surface area contributed by atoms with E-state index in [-0.39, 0.29) is 10.6 Å². The molecule has 0 aliphatic carbocycles. The zero-order valence-corrected chi connectivity index (χ0v) is 18.4. The van der Waals surface area contributed by atoms with Gasteiger partial charge >= 0.3 is 10.1 Å². The summed E-state index contributed by atoms with van der Waals surface area (Å²) in [5.41, 5.74) is 1.59. The first kappa shape index (κ1) is 20.1. The van der Waals surface area contributed by atoms with Gasteiger partial charge in [-0.15, -0.1) is 0 Å². The van der Waals surface area contributed by atoms with Gasteiger partial charge < -0.3 is 4.18 Å². The fraction of sp³-hybridized carbons (Fsp3) is 0. The molecule has 3 aromatic carbocycles. The van der Waals surface area contributed by atoms with Gasteiger partial charge in [0, 0.05) is 11.2 Å². The zero-order valence-electron chi connectivity index (χ0n) is 13.6. The first-order valence-corrected chi connectivity index (χ1v) is 11.0. The molecular formula is C19H12Br2ClNO3S. The lowest BCUT2D eigenvalue weighted by molar-refractivity contribution is 0.483. The van der Waals surface area contributed by atoms with E-state index in [1.807, 2.05) is 30.3 Å². The van der Waals surface area contributed by atoms with Crippen LogP contribution >= 0.6 is 43.5 Å². The molecule has 8 heteroatoms. The van der Waals surface area contributed by atoms with E-state index in [4.69, 9.17) is 15.8 Å². The normalized spacial score (nSPS) is 11.7. The fourth-order valence-electron chi connectivity index (χ4n) is 2.16. The topological polar surface area (TPSA) is 55.7 Å². The predicted octanol–water partition coefficient (Wildman–Crippen LogP) is 6.38. The summed E-state index contributed by atoms with van der Waals surface area (Å²) >= 11 is 12.5. The van der Waals surface area contributed by atoms with E-state index in [1.54, 1.807) is 18.3 Å². The fourth-order valence-corrected chi connectivity index (χ4v) is 4.84. The van der Waals surface area contributed by atoms with Crippen LogP contribution in [0.1, 0.15) is 5.56 Å². The Balaban J connectivity index is 1.87. The summed E-state index contributed by atoms with van der Waals surface area (Å²) in [6.07, 6.45) is 1.68. The van der Waals surface area contributed by atoms with Crippen LogP contribution in [0.5, 0.6) is 5.75 Å². The van der Waals surface area contributed by atoms with Crippen molar-refractivity contribution in [3.05, 3.63) is 86.3 Å². The van der Waals surface area contributed by atoms with Crippen molar-refractivity contribution in [2.45, 2.75) is 4.90 Å². The van der Waals surface area contributed by atoms with Crippen LogP contribution in [0.2, 0.25) is 5.02 Å². The molecule has 138 valence electrons. The van der Waals surface area contributed by atoms with Gasteiger partial charge in [0.25, 0.3) is 0 Å². The number of hydrogen-bond donors (Lipinski definition) is 0. The summed E-state index contributed by atoms with van der Waals surface area (Å²) in [6.45, 7) is 0. The first-order valence-electron chi connectivity index (χ1n) is 7.63. The van der Waals surface area contributed by atoms with Crippen molar-refractivity contribution >= 4 is 65.5 Å². The largest absolute Gasteiger partial charge is 0.377 e. The number of aliphatic imine (C=N–C) groups is 1. The molecule has 3 rings (SSSR count). The summed E-state index contributed by atoms with van der Waals surface area (Å²) < 4.78 is 31.2. The quantitative estimate of drug-likeness (QED) is 0.285. The van der Waals surface area contributed by atoms with E-state index >= 15 is 0 Å². The summed E-state index contributed by atoms with van der Waals surface area (Å²) in [5, 5.41) is 0.443. The van der Waals surface area contributed by atoms with Gasteiger partial charge in [0.05, 0.1) is 14.6 Å². The molecule has 0 spiro atoms. The minimum atomic E-state index is -4.00. The summed E-state index contributed by atoms with van der Waals surface area (Å²) in [6, 6.07) is 18.7. The Morgan fingerprint density at radius 1 is 0.926 bits per heavy atom. The number of nitrogens with zero attached hydrogens (tertiary/aromatic N) is 1. The van der Waals surface area contributed by atoms with Crippen molar-refractivity contribution in [2.75, 3.05) is 0 Å². The van der Waals surface area contributed by atoms with Crippen LogP contribution in [0.15, 0.2) is 85.6 Å². The third-order valence-electron chi connectivity index (χ3n) is 3.43. The predicted molar refractivity (Wildman–Crippen MR) is 115 cm³/mol. The van der Waals surface area contributed by atoms with Crippen LogP contribution in [0.3, 0.4) is 0 Å². The first-order chi connectivity index (χ1) is 12.8. The number of halogens is 3. The smallest absolute Gasteiger partial charge is 0.339 e. The van der Waals surface area contributed by atoms with Crippen LogP contribution in [0, 0.1) is 0 Å². The van der Waals surface area contributed by atoms with Crippen molar-refractivity contribution in [1.82, 2.24) is 0 Å². The van der Waals surface area contributed by atoms with Gasteiger partial charge in [0.15, 0.2) is 5.75 Å². The summed E-state index contributed by atoms with van der Waals surface area (Å²) in [4.78, 5) is 4.39. The maximum Gasteiger partial charge on any atom is 0.339 e. The number of para-hydroxylation sites is 1. The summed E-state index contributed by atoms with van der Waals surface area (Å²) in [5.74, 6) is 0.154. The Labute approximate surface area is 179 Å². The van der Waals surface area contributed by atoms with Crippen molar-refractivity contribution in [3.63, 3.8) is 0 Å². The van der Waals surface area contributed by atoms with Crippen LogP contribution < -0.4 is 4.18 Å². The Morgan fingerprint density at radius 2 is 1.52 bits per heavy atom. The molecule has 0 bridgehead atoms. The Hall–Kier alpha value is -1.67. The molecule has 0 atom stereocenters. The van der Waals surface area contributed by atoms with Crippen LogP contribution in [-0.2, 0) is 10.1 Å². The number of rotatable bonds is 5. The second-order valence-corrected chi connectivity index (χ2v) is 9.09. The Morgan fingerprint density at radius 3 is 2.11 bits per heavy atom. The molecule has 0 amide bonds. The van der Waals surface area contributed by atoms with Crippen LogP contribution in [-0.4, -0.2) is 14.6 Å². The van der Waals surface area contributed by atoms with E-state index < -0.39 is 10.1 Å². The van der Waals surface area contributed by atoms with E-state index in [0.717, 1.165) is 11.3 Å². The van der Waals surface area contributed by atoms with Gasteiger partial charge in [-0.1, -0.05) is 29.8 Å². The van der Waals surface area contributed by atoms with Crippen LogP contribution in [0.25, 0.3) is 0 Å². The molecule has 0 aromatic heterocycles. The number of benzene rings is 3. The minimum Gasteiger partial charge on any atom is -0.377 e. The van der Waals surface area contributed by atoms with E-state index in [1.165, 1.54) is 24.3 Å². The Bertz CT molecular complexity index is 1060. The van der Waals surface area contributed by atoms with Crippen molar-refractivity contribution in [2.24, 2.45) is 4.99 Å². The van der Waals surface area contributed by atoms with Gasteiger partial charge in [-0.25, -0.2) is 0 Å². The molecule has 27 heavy (non-hydrogen) atoms. The lowest BCUT2D eigenvalue weighted by Crippen LogP contribution is -2.10. The molecule has 0 aliphatic heterocycles. The van der Waals surface area contributed by atoms with Crippen molar-refractivity contribution in [1.29, 1.82) is 0 Å². The maximum atomic E-state index is 12.5. The lowest BCUT2D eigenvalue weighted by Gasteiger charge is -2.11. The van der Waals surface area contributed by atoms with E-state index in [9.17, 15) is 8.42 Å². The third kappa shape index (κ3) is 5.19. The molecular weight excluding hydrogens is 518 g/mol. The highest BCUT2D eigenvalue weighted by Crippen LogP contribution is 2.36.